The molecule has 4 aromatic rings. The molecule has 2 aliphatic heterocycles. The molecule has 252 valence electrons. The maximum absolute atomic E-state index is 6.85. The standard InChI is InChI=1S/C49H44O2/c1-34-28-40(48-44(30-34)42(36-18-8-3-9-19-36)32-46(50-48)38-22-12-5-13-23-38)26-16-7-17-27-41-29-35(2)31-45-43(37-20-10-4-11-21-37)33-47(51-49(41)45)39-24-14-6-15-25-39/h3-27,32-35,46H,28-31H2,1-2H3. The number of benzene rings is 4. The monoisotopic (exact) mass is 664 g/mol. The number of rotatable bonds is 7. The van der Waals surface area contributed by atoms with E-state index < -0.39 is 0 Å². The van der Waals surface area contributed by atoms with Gasteiger partial charge in [0.05, 0.1) is 0 Å². The van der Waals surface area contributed by atoms with E-state index in [1.807, 2.05) is 0 Å². The van der Waals surface area contributed by atoms with Gasteiger partial charge in [0.2, 0.25) is 0 Å². The van der Waals surface area contributed by atoms with Crippen molar-refractivity contribution in [3.05, 3.63) is 220 Å². The highest BCUT2D eigenvalue weighted by Crippen LogP contribution is 2.48. The van der Waals surface area contributed by atoms with Gasteiger partial charge in [-0.15, -0.1) is 0 Å². The van der Waals surface area contributed by atoms with Crippen LogP contribution in [0.3, 0.4) is 0 Å². The Labute approximate surface area is 302 Å². The molecular formula is C49H44O2. The van der Waals surface area contributed by atoms with Crippen molar-refractivity contribution in [1.29, 1.82) is 0 Å². The maximum Gasteiger partial charge on any atom is 0.143 e. The van der Waals surface area contributed by atoms with E-state index in [1.165, 1.54) is 50.1 Å². The van der Waals surface area contributed by atoms with Crippen LogP contribution in [0.4, 0.5) is 0 Å². The highest BCUT2D eigenvalue weighted by molar-refractivity contribution is 5.88. The fourth-order valence-corrected chi connectivity index (χ4v) is 7.87. The minimum absolute atomic E-state index is 0.129. The third-order valence-electron chi connectivity index (χ3n) is 10.2. The molecule has 51 heavy (non-hydrogen) atoms. The second-order valence-electron chi connectivity index (χ2n) is 14.3. The summed E-state index contributed by atoms with van der Waals surface area (Å²) in [4.78, 5) is 0. The van der Waals surface area contributed by atoms with Gasteiger partial charge in [0, 0.05) is 16.7 Å². The van der Waals surface area contributed by atoms with Crippen molar-refractivity contribution in [3.8, 4) is 0 Å². The highest BCUT2D eigenvalue weighted by Gasteiger charge is 2.32. The van der Waals surface area contributed by atoms with E-state index in [9.17, 15) is 0 Å². The first-order chi connectivity index (χ1) is 25.1. The van der Waals surface area contributed by atoms with Crippen LogP contribution in [0.15, 0.2) is 198 Å². The van der Waals surface area contributed by atoms with E-state index in [-0.39, 0.29) is 6.10 Å². The molecule has 0 fully saturated rings. The van der Waals surface area contributed by atoms with E-state index in [4.69, 9.17) is 9.47 Å². The molecule has 2 aliphatic carbocycles. The van der Waals surface area contributed by atoms with Crippen LogP contribution in [0.1, 0.15) is 67.9 Å². The van der Waals surface area contributed by atoms with Crippen molar-refractivity contribution in [2.24, 2.45) is 11.8 Å². The van der Waals surface area contributed by atoms with Crippen molar-refractivity contribution in [3.63, 3.8) is 0 Å². The lowest BCUT2D eigenvalue weighted by molar-refractivity contribution is 0.150. The van der Waals surface area contributed by atoms with E-state index in [2.05, 4.69) is 178 Å². The van der Waals surface area contributed by atoms with Crippen molar-refractivity contribution in [1.82, 2.24) is 0 Å². The van der Waals surface area contributed by atoms with Crippen LogP contribution in [0.2, 0.25) is 0 Å². The van der Waals surface area contributed by atoms with Gasteiger partial charge >= 0.3 is 0 Å². The first-order valence-electron chi connectivity index (χ1n) is 18.3. The number of hydrogen-bond donors (Lipinski definition) is 0. The number of fused-ring (bicyclic) bond motifs is 1. The van der Waals surface area contributed by atoms with Gasteiger partial charge < -0.3 is 9.47 Å². The summed E-state index contributed by atoms with van der Waals surface area (Å²) in [5.41, 5.74) is 12.4. The van der Waals surface area contributed by atoms with Crippen molar-refractivity contribution in [2.45, 2.75) is 45.6 Å². The van der Waals surface area contributed by atoms with E-state index in [0.29, 0.717) is 11.8 Å². The zero-order valence-electron chi connectivity index (χ0n) is 29.5. The Kier molecular flexibility index (Phi) is 9.40. The van der Waals surface area contributed by atoms with Crippen LogP contribution in [-0.4, -0.2) is 0 Å². The molecule has 0 bridgehead atoms. The van der Waals surface area contributed by atoms with Gasteiger partial charge in [-0.1, -0.05) is 166 Å². The summed E-state index contributed by atoms with van der Waals surface area (Å²) in [7, 11) is 0. The third kappa shape index (κ3) is 7.05. The predicted octanol–water partition coefficient (Wildman–Crippen LogP) is 12.8. The Bertz CT molecular complexity index is 2140. The minimum atomic E-state index is -0.129. The molecule has 2 heteroatoms. The van der Waals surface area contributed by atoms with Crippen molar-refractivity contribution < 1.29 is 9.47 Å². The van der Waals surface area contributed by atoms with Gasteiger partial charge in [0.1, 0.15) is 23.4 Å². The first kappa shape index (κ1) is 32.6. The van der Waals surface area contributed by atoms with Crippen LogP contribution < -0.4 is 0 Å². The molecule has 2 heterocycles. The summed E-state index contributed by atoms with van der Waals surface area (Å²) < 4.78 is 13.6. The topological polar surface area (TPSA) is 18.5 Å². The molecule has 2 nitrogen and oxygen atoms in total. The fraction of sp³-hybridized carbons (Fsp3) is 0.184. The average molecular weight is 665 g/mol. The lowest BCUT2D eigenvalue weighted by atomic mass is 9.78. The van der Waals surface area contributed by atoms with Crippen molar-refractivity contribution >= 4 is 16.9 Å². The van der Waals surface area contributed by atoms with Crippen LogP contribution in [0.25, 0.3) is 16.9 Å². The molecule has 4 aliphatic rings. The van der Waals surface area contributed by atoms with Crippen molar-refractivity contribution in [2.75, 3.05) is 0 Å². The van der Waals surface area contributed by atoms with Gasteiger partial charge in [0.15, 0.2) is 0 Å². The average Bonchev–Trinajstić information content (AvgIpc) is 3.18. The summed E-state index contributed by atoms with van der Waals surface area (Å²) in [5, 5.41) is 0. The molecule has 4 aromatic carbocycles. The van der Waals surface area contributed by atoms with Gasteiger partial charge in [-0.3, -0.25) is 0 Å². The first-order valence-corrected chi connectivity index (χ1v) is 18.3. The molecule has 0 saturated carbocycles. The zero-order valence-corrected chi connectivity index (χ0v) is 29.5. The molecular weight excluding hydrogens is 621 g/mol. The molecule has 0 aromatic heterocycles. The summed E-state index contributed by atoms with van der Waals surface area (Å²) >= 11 is 0. The highest BCUT2D eigenvalue weighted by atomic mass is 16.5. The van der Waals surface area contributed by atoms with Gasteiger partial charge in [-0.25, -0.2) is 0 Å². The largest absolute Gasteiger partial charge is 0.481 e. The molecule has 3 unspecified atom stereocenters. The summed E-state index contributed by atoms with van der Waals surface area (Å²) in [6.45, 7) is 4.69. The number of hydrogen-bond acceptors (Lipinski definition) is 2. The molecule has 8 rings (SSSR count). The fourth-order valence-electron chi connectivity index (χ4n) is 7.87. The summed E-state index contributed by atoms with van der Waals surface area (Å²) in [5.74, 6) is 4.00. The van der Waals surface area contributed by atoms with Crippen LogP contribution in [0, 0.1) is 11.8 Å². The van der Waals surface area contributed by atoms with Crippen LogP contribution in [-0.2, 0) is 9.47 Å². The Morgan fingerprint density at radius 1 is 0.569 bits per heavy atom. The molecule has 0 saturated heterocycles. The SMILES string of the molecule is CC1CC(=CC=CC=CC2=C3OC(c4ccccc4)=CC(c4ccccc4)=C3CC(C)C2)C2=C(C1)C(c1ccccc1)=CC(c1ccccc1)O2. The van der Waals surface area contributed by atoms with E-state index in [0.717, 1.165) is 48.5 Å². The molecule has 0 amide bonds. The Hall–Kier alpha value is -5.60. The predicted molar refractivity (Wildman–Crippen MR) is 211 cm³/mol. The lowest BCUT2D eigenvalue weighted by Gasteiger charge is -2.35. The maximum atomic E-state index is 6.85. The molecule has 0 N–H and O–H groups in total. The van der Waals surface area contributed by atoms with Gasteiger partial charge in [-0.05, 0) is 88.7 Å². The zero-order chi connectivity index (χ0) is 34.6. The Balaban J connectivity index is 1.12. The second kappa shape index (κ2) is 14.7. The molecule has 0 spiro atoms. The van der Waals surface area contributed by atoms with E-state index in [1.54, 1.807) is 0 Å². The van der Waals surface area contributed by atoms with E-state index >= 15 is 0 Å². The van der Waals surface area contributed by atoms with Crippen LogP contribution in [0.5, 0.6) is 0 Å². The lowest BCUT2D eigenvalue weighted by Crippen LogP contribution is -2.19. The van der Waals surface area contributed by atoms with Gasteiger partial charge in [0.25, 0.3) is 0 Å². The summed E-state index contributed by atoms with van der Waals surface area (Å²) in [6.07, 6.45) is 19.4. The minimum Gasteiger partial charge on any atom is -0.481 e. The quantitative estimate of drug-likeness (QED) is 0.183. The second-order valence-corrected chi connectivity index (χ2v) is 14.3. The Morgan fingerprint density at radius 3 is 1.88 bits per heavy atom. The number of ether oxygens (including phenoxy) is 2. The third-order valence-corrected chi connectivity index (χ3v) is 10.2. The van der Waals surface area contributed by atoms with Gasteiger partial charge in [-0.2, -0.15) is 0 Å². The normalized spacial score (nSPS) is 22.8. The summed E-state index contributed by atoms with van der Waals surface area (Å²) in [6, 6.07) is 42.5. The molecule has 0 radical (unpaired) electrons. The Morgan fingerprint density at radius 2 is 1.18 bits per heavy atom. The smallest absolute Gasteiger partial charge is 0.143 e. The number of allylic oxidation sites excluding steroid dienone is 12. The van der Waals surface area contributed by atoms with Crippen LogP contribution >= 0.6 is 0 Å². The molecule has 3 atom stereocenters.